The Labute approximate surface area is 85.5 Å². The molecule has 14 heavy (non-hydrogen) atoms. The van der Waals surface area contributed by atoms with E-state index in [0.717, 1.165) is 25.4 Å². The zero-order valence-electron chi connectivity index (χ0n) is 9.03. The van der Waals surface area contributed by atoms with Crippen LogP contribution in [-0.2, 0) is 13.0 Å². The van der Waals surface area contributed by atoms with Gasteiger partial charge in [0, 0.05) is 18.8 Å². The minimum atomic E-state index is 0.689. The first kappa shape index (κ1) is 9.71. The molecule has 2 atom stereocenters. The molecule has 2 unspecified atom stereocenters. The van der Waals surface area contributed by atoms with Crippen LogP contribution in [0.3, 0.4) is 0 Å². The molecule has 1 aliphatic heterocycles. The number of aryl methyl sites for hydroxylation is 1. The predicted molar refractivity (Wildman–Crippen MR) is 57.2 cm³/mol. The second-order valence-corrected chi connectivity index (χ2v) is 4.33. The van der Waals surface area contributed by atoms with Crippen LogP contribution in [0.1, 0.15) is 26.0 Å². The molecule has 1 aromatic rings. The maximum absolute atomic E-state index is 4.34. The molecule has 0 amide bonds. The number of aromatic nitrogens is 2. The Kier molecular flexibility index (Phi) is 2.87. The summed E-state index contributed by atoms with van der Waals surface area (Å²) in [6, 6.07) is 0.689. The fourth-order valence-electron chi connectivity index (χ4n) is 2.16. The summed E-state index contributed by atoms with van der Waals surface area (Å²) in [6.45, 7) is 6.67. The lowest BCUT2D eigenvalue weighted by Crippen LogP contribution is -2.17. The van der Waals surface area contributed by atoms with Crippen molar-refractivity contribution in [3.8, 4) is 0 Å². The molecule has 0 aliphatic carbocycles. The van der Waals surface area contributed by atoms with Crippen LogP contribution >= 0.6 is 0 Å². The zero-order chi connectivity index (χ0) is 9.97. The van der Waals surface area contributed by atoms with Gasteiger partial charge < -0.3 is 9.88 Å². The van der Waals surface area contributed by atoms with Crippen molar-refractivity contribution in [2.24, 2.45) is 5.92 Å². The van der Waals surface area contributed by atoms with Gasteiger partial charge in [0.2, 0.25) is 0 Å². The third-order valence-corrected chi connectivity index (χ3v) is 2.96. The molecule has 0 aromatic carbocycles. The highest BCUT2D eigenvalue weighted by atomic mass is 15.0. The summed E-state index contributed by atoms with van der Waals surface area (Å²) in [5.41, 5.74) is 1.20. The van der Waals surface area contributed by atoms with Crippen molar-refractivity contribution in [3.63, 3.8) is 0 Å². The van der Waals surface area contributed by atoms with E-state index in [1.807, 2.05) is 6.33 Å². The van der Waals surface area contributed by atoms with Crippen LogP contribution in [0.25, 0.3) is 0 Å². The lowest BCUT2D eigenvalue weighted by Gasteiger charge is -2.08. The van der Waals surface area contributed by atoms with Gasteiger partial charge in [-0.05, 0) is 32.2 Å². The molecule has 1 N–H and O–H groups in total. The van der Waals surface area contributed by atoms with Crippen molar-refractivity contribution in [2.75, 3.05) is 6.54 Å². The van der Waals surface area contributed by atoms with Gasteiger partial charge in [0.15, 0.2) is 0 Å². The van der Waals surface area contributed by atoms with Gasteiger partial charge in [-0.15, -0.1) is 0 Å². The minimum Gasteiger partial charge on any atom is -0.337 e. The van der Waals surface area contributed by atoms with E-state index in [1.54, 1.807) is 0 Å². The maximum atomic E-state index is 4.34. The second kappa shape index (κ2) is 4.13. The molecule has 1 aromatic heterocycles. The average Bonchev–Trinajstić information content (AvgIpc) is 2.76. The molecule has 0 radical (unpaired) electrons. The molecule has 3 nitrogen and oxygen atoms in total. The molecule has 0 saturated carbocycles. The van der Waals surface area contributed by atoms with Gasteiger partial charge in [0.05, 0.1) is 12.0 Å². The van der Waals surface area contributed by atoms with E-state index in [4.69, 9.17) is 0 Å². The number of nitrogens with zero attached hydrogens (tertiary/aromatic N) is 2. The zero-order valence-corrected chi connectivity index (χ0v) is 9.03. The normalized spacial score (nSPS) is 27.0. The largest absolute Gasteiger partial charge is 0.337 e. The number of nitrogens with one attached hydrogen (secondary N) is 1. The Balaban J connectivity index is 1.90. The molecule has 1 fully saturated rings. The van der Waals surface area contributed by atoms with E-state index in [0.29, 0.717) is 6.04 Å². The van der Waals surface area contributed by atoms with Crippen LogP contribution in [0.5, 0.6) is 0 Å². The van der Waals surface area contributed by atoms with Crippen LogP contribution in [-0.4, -0.2) is 22.1 Å². The quantitative estimate of drug-likeness (QED) is 0.787. The van der Waals surface area contributed by atoms with Crippen molar-refractivity contribution < 1.29 is 0 Å². The van der Waals surface area contributed by atoms with E-state index in [-0.39, 0.29) is 0 Å². The minimum absolute atomic E-state index is 0.689. The highest BCUT2D eigenvalue weighted by molar-refractivity contribution is 4.96. The van der Waals surface area contributed by atoms with Crippen LogP contribution in [0.2, 0.25) is 0 Å². The Morgan fingerprint density at radius 3 is 3.07 bits per heavy atom. The molecular formula is C11H19N3. The second-order valence-electron chi connectivity index (χ2n) is 4.33. The topological polar surface area (TPSA) is 29.9 Å². The number of hydrogen-bond donors (Lipinski definition) is 1. The van der Waals surface area contributed by atoms with Gasteiger partial charge in [-0.2, -0.15) is 0 Å². The van der Waals surface area contributed by atoms with Gasteiger partial charge in [-0.3, -0.25) is 0 Å². The Morgan fingerprint density at radius 2 is 2.50 bits per heavy atom. The van der Waals surface area contributed by atoms with Crippen molar-refractivity contribution in [3.05, 3.63) is 18.2 Å². The lowest BCUT2D eigenvalue weighted by atomic mass is 10.1. The molecule has 0 bridgehead atoms. The Bertz CT molecular complexity index is 292. The summed E-state index contributed by atoms with van der Waals surface area (Å²) < 4.78 is 2.23. The molecule has 2 rings (SSSR count). The van der Waals surface area contributed by atoms with Crippen LogP contribution in [0, 0.1) is 5.92 Å². The van der Waals surface area contributed by atoms with E-state index in [9.17, 15) is 0 Å². The van der Waals surface area contributed by atoms with E-state index >= 15 is 0 Å². The van der Waals surface area contributed by atoms with Gasteiger partial charge in [0.1, 0.15) is 0 Å². The van der Waals surface area contributed by atoms with Crippen molar-refractivity contribution in [1.82, 2.24) is 14.9 Å². The Morgan fingerprint density at radius 1 is 1.64 bits per heavy atom. The number of hydrogen-bond acceptors (Lipinski definition) is 2. The first-order valence-electron chi connectivity index (χ1n) is 5.52. The summed E-state index contributed by atoms with van der Waals surface area (Å²) in [7, 11) is 0. The summed E-state index contributed by atoms with van der Waals surface area (Å²) in [6.07, 6.45) is 6.46. The van der Waals surface area contributed by atoms with Crippen LogP contribution in [0.4, 0.5) is 0 Å². The Hall–Kier alpha value is -0.830. The third-order valence-electron chi connectivity index (χ3n) is 2.96. The molecule has 78 valence electrons. The molecule has 1 saturated heterocycles. The number of imidazole rings is 1. The van der Waals surface area contributed by atoms with E-state index in [1.165, 1.54) is 12.1 Å². The number of rotatable bonds is 3. The van der Waals surface area contributed by atoms with Gasteiger partial charge in [-0.25, -0.2) is 4.98 Å². The van der Waals surface area contributed by atoms with Crippen LogP contribution < -0.4 is 5.32 Å². The predicted octanol–water partition coefficient (Wildman–Crippen LogP) is 1.44. The molecule has 2 heterocycles. The molecule has 1 aliphatic rings. The summed E-state index contributed by atoms with van der Waals surface area (Å²) in [5.74, 6) is 0.781. The van der Waals surface area contributed by atoms with Gasteiger partial charge >= 0.3 is 0 Å². The lowest BCUT2D eigenvalue weighted by molar-refractivity contribution is 0.473. The van der Waals surface area contributed by atoms with E-state index in [2.05, 4.69) is 34.9 Å². The smallest absolute Gasteiger partial charge is 0.0949 e. The third kappa shape index (κ3) is 2.15. The molecule has 3 heteroatoms. The first-order chi connectivity index (χ1) is 6.78. The first-order valence-corrected chi connectivity index (χ1v) is 5.52. The van der Waals surface area contributed by atoms with Gasteiger partial charge in [-0.1, -0.05) is 6.92 Å². The summed E-state index contributed by atoms with van der Waals surface area (Å²) in [5, 5.41) is 3.48. The fraction of sp³-hybridized carbons (Fsp3) is 0.727. The van der Waals surface area contributed by atoms with Crippen LogP contribution in [0.15, 0.2) is 12.5 Å². The summed E-state index contributed by atoms with van der Waals surface area (Å²) >= 11 is 0. The molecule has 0 spiro atoms. The standard InChI is InChI=1S/C11H19N3/c1-3-11-7-14(8-13-11)6-10-4-9(2)12-5-10/h7-10,12H,3-6H2,1-2H3. The maximum Gasteiger partial charge on any atom is 0.0949 e. The molecular weight excluding hydrogens is 174 g/mol. The highest BCUT2D eigenvalue weighted by Crippen LogP contribution is 2.15. The van der Waals surface area contributed by atoms with Crippen molar-refractivity contribution in [2.45, 2.75) is 39.3 Å². The highest BCUT2D eigenvalue weighted by Gasteiger charge is 2.20. The van der Waals surface area contributed by atoms with Crippen molar-refractivity contribution in [1.29, 1.82) is 0 Å². The SMILES string of the molecule is CCc1cn(CC2CNC(C)C2)cn1. The van der Waals surface area contributed by atoms with E-state index < -0.39 is 0 Å². The van der Waals surface area contributed by atoms with Gasteiger partial charge in [0.25, 0.3) is 0 Å². The average molecular weight is 193 g/mol. The fourth-order valence-corrected chi connectivity index (χ4v) is 2.16. The monoisotopic (exact) mass is 193 g/mol. The summed E-state index contributed by atoms with van der Waals surface area (Å²) in [4.78, 5) is 4.34. The van der Waals surface area contributed by atoms with Crippen molar-refractivity contribution >= 4 is 0 Å².